The Morgan fingerprint density at radius 3 is 2.70 bits per heavy atom. The number of hydrogen-bond donors (Lipinski definition) is 0. The van der Waals surface area contributed by atoms with Crippen molar-refractivity contribution >= 4 is 5.95 Å². The zero-order valence-corrected chi connectivity index (χ0v) is 12.1. The fraction of sp³-hybridized carbons (Fsp3) is 0.733. The lowest BCUT2D eigenvalue weighted by Gasteiger charge is -2.26. The molecule has 2 fully saturated rings. The van der Waals surface area contributed by atoms with Gasteiger partial charge in [0.05, 0.1) is 12.7 Å². The molecule has 3 rings (SSSR count). The van der Waals surface area contributed by atoms with Crippen LogP contribution in [0.15, 0.2) is 18.5 Å². The van der Waals surface area contributed by atoms with E-state index in [9.17, 15) is 0 Å². The Morgan fingerprint density at radius 1 is 1.10 bits per heavy atom. The highest BCUT2D eigenvalue weighted by Gasteiger charge is 2.24. The van der Waals surface area contributed by atoms with Gasteiger partial charge in [-0.05, 0) is 38.4 Å². The average Bonchev–Trinajstić information content (AvgIpc) is 2.98. The van der Waals surface area contributed by atoms with E-state index in [1.165, 1.54) is 32.4 Å². The van der Waals surface area contributed by atoms with Gasteiger partial charge in [-0.2, -0.15) is 0 Å². The van der Waals surface area contributed by atoms with Gasteiger partial charge >= 0.3 is 0 Å². The number of nitrogens with zero attached hydrogens (tertiary/aromatic N) is 4. The monoisotopic (exact) mass is 276 g/mol. The SMILES string of the molecule is c1cnc(N2CC[C@H](OCCN3CCCCC3)C2)nc1. The highest BCUT2D eigenvalue weighted by Crippen LogP contribution is 2.17. The van der Waals surface area contributed by atoms with Gasteiger partial charge in [-0.25, -0.2) is 9.97 Å². The Bertz CT molecular complexity index is 394. The molecule has 20 heavy (non-hydrogen) atoms. The van der Waals surface area contributed by atoms with Gasteiger partial charge < -0.3 is 14.5 Å². The third-order valence-corrected chi connectivity index (χ3v) is 4.19. The molecule has 0 amide bonds. The number of ether oxygens (including phenoxy) is 1. The van der Waals surface area contributed by atoms with Crippen LogP contribution in [0.4, 0.5) is 5.95 Å². The summed E-state index contributed by atoms with van der Waals surface area (Å²) in [6.07, 6.45) is 9.11. The molecule has 0 saturated carbocycles. The molecule has 110 valence electrons. The molecule has 0 spiro atoms. The van der Waals surface area contributed by atoms with Crippen molar-refractivity contribution in [2.75, 3.05) is 44.2 Å². The maximum atomic E-state index is 6.02. The van der Waals surface area contributed by atoms with E-state index in [1.807, 2.05) is 6.07 Å². The summed E-state index contributed by atoms with van der Waals surface area (Å²) in [7, 11) is 0. The summed E-state index contributed by atoms with van der Waals surface area (Å²) in [4.78, 5) is 13.3. The molecule has 2 saturated heterocycles. The summed E-state index contributed by atoms with van der Waals surface area (Å²) < 4.78 is 6.02. The van der Waals surface area contributed by atoms with Crippen molar-refractivity contribution in [1.82, 2.24) is 14.9 Å². The van der Waals surface area contributed by atoms with Gasteiger partial charge in [0, 0.05) is 32.0 Å². The zero-order chi connectivity index (χ0) is 13.6. The van der Waals surface area contributed by atoms with E-state index >= 15 is 0 Å². The summed E-state index contributed by atoms with van der Waals surface area (Å²) in [6, 6.07) is 1.85. The lowest BCUT2D eigenvalue weighted by Crippen LogP contribution is -2.34. The molecular weight excluding hydrogens is 252 g/mol. The molecule has 5 nitrogen and oxygen atoms in total. The minimum atomic E-state index is 0.337. The first-order chi connectivity index (χ1) is 9.92. The second-order valence-corrected chi connectivity index (χ2v) is 5.68. The number of rotatable bonds is 5. The molecule has 3 heterocycles. The average molecular weight is 276 g/mol. The first-order valence-corrected chi connectivity index (χ1v) is 7.78. The molecular formula is C15H24N4O. The molecule has 0 aromatic carbocycles. The molecule has 2 aliphatic heterocycles. The van der Waals surface area contributed by atoms with E-state index in [2.05, 4.69) is 19.8 Å². The fourth-order valence-electron chi connectivity index (χ4n) is 3.03. The molecule has 1 aromatic heterocycles. The number of piperidine rings is 1. The van der Waals surface area contributed by atoms with Crippen LogP contribution in [0.25, 0.3) is 0 Å². The molecule has 0 bridgehead atoms. The topological polar surface area (TPSA) is 41.5 Å². The van der Waals surface area contributed by atoms with E-state index in [1.54, 1.807) is 12.4 Å². The van der Waals surface area contributed by atoms with E-state index in [0.29, 0.717) is 6.10 Å². The van der Waals surface area contributed by atoms with Gasteiger partial charge in [-0.1, -0.05) is 6.42 Å². The molecule has 2 aliphatic rings. The van der Waals surface area contributed by atoms with E-state index < -0.39 is 0 Å². The Morgan fingerprint density at radius 2 is 1.90 bits per heavy atom. The molecule has 1 aromatic rings. The van der Waals surface area contributed by atoms with Crippen LogP contribution < -0.4 is 4.90 Å². The lowest BCUT2D eigenvalue weighted by molar-refractivity contribution is 0.0466. The third-order valence-electron chi connectivity index (χ3n) is 4.19. The van der Waals surface area contributed by atoms with Crippen LogP contribution in [0.5, 0.6) is 0 Å². The predicted octanol–water partition coefficient (Wildman–Crippen LogP) is 1.56. The van der Waals surface area contributed by atoms with Crippen LogP contribution in [-0.4, -0.2) is 60.3 Å². The summed E-state index contributed by atoms with van der Waals surface area (Å²) in [6.45, 7) is 6.35. The summed E-state index contributed by atoms with van der Waals surface area (Å²) >= 11 is 0. The van der Waals surface area contributed by atoms with Gasteiger partial charge in [0.15, 0.2) is 0 Å². The van der Waals surface area contributed by atoms with E-state index in [-0.39, 0.29) is 0 Å². The highest BCUT2D eigenvalue weighted by molar-refractivity contribution is 5.30. The maximum absolute atomic E-state index is 6.02. The molecule has 5 heteroatoms. The van der Waals surface area contributed by atoms with Crippen molar-refractivity contribution in [2.24, 2.45) is 0 Å². The Kier molecular flexibility index (Phi) is 4.82. The van der Waals surface area contributed by atoms with Crippen molar-refractivity contribution in [1.29, 1.82) is 0 Å². The smallest absolute Gasteiger partial charge is 0.225 e. The van der Waals surface area contributed by atoms with Crippen LogP contribution in [0.1, 0.15) is 25.7 Å². The van der Waals surface area contributed by atoms with E-state index in [4.69, 9.17) is 4.74 Å². The summed E-state index contributed by atoms with van der Waals surface area (Å²) in [5.74, 6) is 0.828. The normalized spacial score (nSPS) is 24.2. The third kappa shape index (κ3) is 3.67. The zero-order valence-electron chi connectivity index (χ0n) is 12.1. The standard InChI is InChI=1S/C15H24N4O/c1-2-8-18(9-3-1)11-12-20-14-5-10-19(13-14)15-16-6-4-7-17-15/h4,6-7,14H,1-3,5,8-13H2/t14-/m0/s1. The van der Waals surface area contributed by atoms with Crippen LogP contribution >= 0.6 is 0 Å². The lowest BCUT2D eigenvalue weighted by atomic mass is 10.1. The quantitative estimate of drug-likeness (QED) is 0.816. The van der Waals surface area contributed by atoms with Gasteiger partial charge in [-0.3, -0.25) is 0 Å². The minimum Gasteiger partial charge on any atom is -0.375 e. The second kappa shape index (κ2) is 6.99. The Labute approximate surface area is 121 Å². The minimum absolute atomic E-state index is 0.337. The predicted molar refractivity (Wildman–Crippen MR) is 78.9 cm³/mol. The first kappa shape index (κ1) is 13.8. The van der Waals surface area contributed by atoms with Crippen molar-refractivity contribution < 1.29 is 4.74 Å². The van der Waals surface area contributed by atoms with Crippen LogP contribution in [0.3, 0.4) is 0 Å². The molecule has 0 radical (unpaired) electrons. The second-order valence-electron chi connectivity index (χ2n) is 5.68. The molecule has 1 atom stereocenters. The Balaban J connectivity index is 1.37. The molecule has 0 aliphatic carbocycles. The first-order valence-electron chi connectivity index (χ1n) is 7.78. The van der Waals surface area contributed by atoms with Crippen molar-refractivity contribution in [3.63, 3.8) is 0 Å². The molecule has 0 N–H and O–H groups in total. The number of hydrogen-bond acceptors (Lipinski definition) is 5. The number of likely N-dealkylation sites (tertiary alicyclic amines) is 1. The van der Waals surface area contributed by atoms with Crippen LogP contribution in [0.2, 0.25) is 0 Å². The van der Waals surface area contributed by atoms with Gasteiger partial charge in [-0.15, -0.1) is 0 Å². The van der Waals surface area contributed by atoms with Gasteiger partial charge in [0.1, 0.15) is 0 Å². The maximum Gasteiger partial charge on any atom is 0.225 e. The molecule has 0 unspecified atom stereocenters. The largest absolute Gasteiger partial charge is 0.375 e. The van der Waals surface area contributed by atoms with Crippen molar-refractivity contribution in [2.45, 2.75) is 31.8 Å². The van der Waals surface area contributed by atoms with Gasteiger partial charge in [0.25, 0.3) is 0 Å². The number of aromatic nitrogens is 2. The van der Waals surface area contributed by atoms with Gasteiger partial charge in [0.2, 0.25) is 5.95 Å². The Hall–Kier alpha value is -1.20. The highest BCUT2D eigenvalue weighted by atomic mass is 16.5. The fourth-order valence-corrected chi connectivity index (χ4v) is 3.03. The van der Waals surface area contributed by atoms with Crippen LogP contribution in [0, 0.1) is 0 Å². The summed E-state index contributed by atoms with van der Waals surface area (Å²) in [5, 5.41) is 0. The van der Waals surface area contributed by atoms with Crippen molar-refractivity contribution in [3.8, 4) is 0 Å². The summed E-state index contributed by atoms with van der Waals surface area (Å²) in [5.41, 5.74) is 0. The van der Waals surface area contributed by atoms with E-state index in [0.717, 1.165) is 38.6 Å². The van der Waals surface area contributed by atoms with Crippen LogP contribution in [-0.2, 0) is 4.74 Å². The van der Waals surface area contributed by atoms with Crippen molar-refractivity contribution in [3.05, 3.63) is 18.5 Å². The number of anilines is 1.